The number of nitrogens with zero attached hydrogens (tertiary/aromatic N) is 4. The highest BCUT2D eigenvalue weighted by Crippen LogP contribution is 2.37. The summed E-state index contributed by atoms with van der Waals surface area (Å²) in [6.07, 6.45) is 3.04. The standard InChI is InChI=1S/C24H19FN4OS2/c1-14-5-11-17(12-6-14)28-21(30)20-18-3-2-4-19(18)32-22(20)29-23(28)26-27-24(29)31-13-15-7-9-16(25)10-8-15/h5-12H,2-4,13H2,1H3. The highest BCUT2D eigenvalue weighted by molar-refractivity contribution is 7.98. The van der Waals surface area contributed by atoms with Gasteiger partial charge in [-0.05, 0) is 61.6 Å². The van der Waals surface area contributed by atoms with E-state index in [4.69, 9.17) is 0 Å². The van der Waals surface area contributed by atoms with Gasteiger partial charge in [-0.3, -0.25) is 4.79 Å². The van der Waals surface area contributed by atoms with Crippen LogP contribution in [0.5, 0.6) is 0 Å². The summed E-state index contributed by atoms with van der Waals surface area (Å²) in [7, 11) is 0. The SMILES string of the molecule is Cc1ccc(-n2c(=O)c3c4c(sc3n3c(SCc5ccc(F)cc5)nnc23)CCC4)cc1. The number of halogens is 1. The van der Waals surface area contributed by atoms with Gasteiger partial charge in [-0.25, -0.2) is 13.4 Å². The Kier molecular flexibility index (Phi) is 4.66. The summed E-state index contributed by atoms with van der Waals surface area (Å²) in [5.74, 6) is 0.911. The molecule has 5 nitrogen and oxygen atoms in total. The molecule has 0 saturated heterocycles. The Hall–Kier alpha value is -2.97. The van der Waals surface area contributed by atoms with Gasteiger partial charge in [0.2, 0.25) is 5.78 Å². The second-order valence-electron chi connectivity index (χ2n) is 8.05. The van der Waals surface area contributed by atoms with Gasteiger partial charge >= 0.3 is 0 Å². The first kappa shape index (κ1) is 19.7. The summed E-state index contributed by atoms with van der Waals surface area (Å²) >= 11 is 3.23. The molecular weight excluding hydrogens is 443 g/mol. The van der Waals surface area contributed by atoms with Crippen LogP contribution in [0.25, 0.3) is 21.7 Å². The van der Waals surface area contributed by atoms with Crippen molar-refractivity contribution in [3.8, 4) is 5.69 Å². The molecule has 8 heteroatoms. The molecule has 3 heterocycles. The van der Waals surface area contributed by atoms with Crippen LogP contribution in [0.15, 0.2) is 58.5 Å². The molecule has 0 bridgehead atoms. The molecule has 5 aromatic rings. The van der Waals surface area contributed by atoms with Crippen molar-refractivity contribution in [1.29, 1.82) is 0 Å². The van der Waals surface area contributed by atoms with E-state index in [0.717, 1.165) is 51.4 Å². The molecule has 2 aromatic carbocycles. The van der Waals surface area contributed by atoms with Crippen LogP contribution in [0, 0.1) is 12.7 Å². The summed E-state index contributed by atoms with van der Waals surface area (Å²) in [4.78, 5) is 15.9. The molecule has 6 rings (SSSR count). The third-order valence-electron chi connectivity index (χ3n) is 5.91. The van der Waals surface area contributed by atoms with E-state index in [1.807, 2.05) is 35.6 Å². The number of thioether (sulfide) groups is 1. The normalized spacial score (nSPS) is 13.3. The van der Waals surface area contributed by atoms with Crippen molar-refractivity contribution < 1.29 is 4.39 Å². The maximum absolute atomic E-state index is 13.7. The first-order valence-electron chi connectivity index (χ1n) is 10.5. The third kappa shape index (κ3) is 3.09. The highest BCUT2D eigenvalue weighted by atomic mass is 32.2. The number of thiophene rings is 1. The van der Waals surface area contributed by atoms with Crippen LogP contribution >= 0.6 is 23.1 Å². The minimum Gasteiger partial charge on any atom is -0.268 e. The Balaban J connectivity index is 1.57. The molecule has 0 aliphatic heterocycles. The van der Waals surface area contributed by atoms with E-state index in [1.165, 1.54) is 22.6 Å². The summed E-state index contributed by atoms with van der Waals surface area (Å²) in [6, 6.07) is 14.4. The molecular formula is C24H19FN4OS2. The third-order valence-corrected chi connectivity index (χ3v) is 8.19. The van der Waals surface area contributed by atoms with E-state index in [2.05, 4.69) is 10.2 Å². The molecule has 0 fully saturated rings. The molecule has 3 aromatic heterocycles. The zero-order valence-corrected chi connectivity index (χ0v) is 19.0. The van der Waals surface area contributed by atoms with Crippen LogP contribution in [0.2, 0.25) is 0 Å². The van der Waals surface area contributed by atoms with Crippen molar-refractivity contribution in [1.82, 2.24) is 19.2 Å². The average Bonchev–Trinajstić information content (AvgIpc) is 3.49. The molecule has 1 aliphatic carbocycles. The maximum Gasteiger partial charge on any atom is 0.268 e. The van der Waals surface area contributed by atoms with E-state index in [-0.39, 0.29) is 11.4 Å². The van der Waals surface area contributed by atoms with Crippen LogP contribution in [0.1, 0.15) is 28.0 Å². The zero-order chi connectivity index (χ0) is 21.8. The van der Waals surface area contributed by atoms with E-state index in [1.54, 1.807) is 39.8 Å². The fraction of sp³-hybridized carbons (Fsp3) is 0.208. The number of aryl methyl sites for hydroxylation is 3. The minimum atomic E-state index is -0.247. The lowest BCUT2D eigenvalue weighted by molar-refractivity contribution is 0.627. The summed E-state index contributed by atoms with van der Waals surface area (Å²) in [5, 5.41) is 10.4. The number of aromatic nitrogens is 4. The quantitative estimate of drug-likeness (QED) is 0.339. The van der Waals surface area contributed by atoms with E-state index in [9.17, 15) is 9.18 Å². The van der Waals surface area contributed by atoms with Gasteiger partial charge in [-0.1, -0.05) is 41.6 Å². The van der Waals surface area contributed by atoms with Crippen LogP contribution in [0.4, 0.5) is 4.39 Å². The molecule has 0 N–H and O–H groups in total. The number of benzene rings is 2. The predicted octanol–water partition coefficient (Wildman–Crippen LogP) is 5.32. The fourth-order valence-electron chi connectivity index (χ4n) is 4.30. The molecule has 0 saturated carbocycles. The Morgan fingerprint density at radius 2 is 1.84 bits per heavy atom. The van der Waals surface area contributed by atoms with Gasteiger partial charge in [0.1, 0.15) is 10.6 Å². The highest BCUT2D eigenvalue weighted by Gasteiger charge is 2.26. The Morgan fingerprint density at radius 1 is 1.06 bits per heavy atom. The monoisotopic (exact) mass is 462 g/mol. The van der Waals surface area contributed by atoms with Gasteiger partial charge in [0.15, 0.2) is 5.16 Å². The molecule has 160 valence electrons. The molecule has 0 spiro atoms. The molecule has 0 atom stereocenters. The van der Waals surface area contributed by atoms with Gasteiger partial charge < -0.3 is 0 Å². The second kappa shape index (κ2) is 7.56. The van der Waals surface area contributed by atoms with Crippen molar-refractivity contribution in [2.24, 2.45) is 0 Å². The summed E-state index contributed by atoms with van der Waals surface area (Å²) in [6.45, 7) is 2.03. The van der Waals surface area contributed by atoms with E-state index >= 15 is 0 Å². The van der Waals surface area contributed by atoms with Crippen molar-refractivity contribution in [2.45, 2.75) is 37.1 Å². The summed E-state index contributed by atoms with van der Waals surface area (Å²) in [5.41, 5.74) is 4.07. The second-order valence-corrected chi connectivity index (χ2v) is 10.1. The molecule has 0 unspecified atom stereocenters. The van der Waals surface area contributed by atoms with Gasteiger partial charge in [-0.2, -0.15) is 0 Å². The number of rotatable bonds is 4. The van der Waals surface area contributed by atoms with Crippen LogP contribution < -0.4 is 5.56 Å². The van der Waals surface area contributed by atoms with Gasteiger partial charge in [0, 0.05) is 10.6 Å². The van der Waals surface area contributed by atoms with E-state index < -0.39 is 0 Å². The van der Waals surface area contributed by atoms with Crippen LogP contribution in [-0.4, -0.2) is 19.2 Å². The topological polar surface area (TPSA) is 52.2 Å². The lowest BCUT2D eigenvalue weighted by Crippen LogP contribution is -2.21. The number of hydrogen-bond donors (Lipinski definition) is 0. The zero-order valence-electron chi connectivity index (χ0n) is 17.3. The van der Waals surface area contributed by atoms with E-state index in [0.29, 0.717) is 11.5 Å². The van der Waals surface area contributed by atoms with Crippen molar-refractivity contribution in [3.05, 3.63) is 86.3 Å². The first-order chi connectivity index (χ1) is 15.6. The first-order valence-corrected chi connectivity index (χ1v) is 12.3. The van der Waals surface area contributed by atoms with Crippen LogP contribution in [-0.2, 0) is 18.6 Å². The average molecular weight is 463 g/mol. The number of fused-ring (bicyclic) bond motifs is 5. The lowest BCUT2D eigenvalue weighted by atomic mass is 10.2. The fourth-order valence-corrected chi connectivity index (χ4v) is 6.63. The van der Waals surface area contributed by atoms with Crippen molar-refractivity contribution >= 4 is 39.1 Å². The summed E-state index contributed by atoms with van der Waals surface area (Å²) < 4.78 is 17.0. The Bertz CT molecular complexity index is 1530. The smallest absolute Gasteiger partial charge is 0.268 e. The maximum atomic E-state index is 13.7. The molecule has 32 heavy (non-hydrogen) atoms. The van der Waals surface area contributed by atoms with Crippen LogP contribution in [0.3, 0.4) is 0 Å². The largest absolute Gasteiger partial charge is 0.268 e. The molecule has 1 aliphatic rings. The lowest BCUT2D eigenvalue weighted by Gasteiger charge is -2.10. The predicted molar refractivity (Wildman–Crippen MR) is 127 cm³/mol. The van der Waals surface area contributed by atoms with Crippen molar-refractivity contribution in [3.63, 3.8) is 0 Å². The Labute approximate surface area is 191 Å². The van der Waals surface area contributed by atoms with Gasteiger partial charge in [0.25, 0.3) is 5.56 Å². The Morgan fingerprint density at radius 3 is 2.62 bits per heavy atom. The molecule has 0 radical (unpaired) electrons. The number of hydrogen-bond acceptors (Lipinski definition) is 5. The minimum absolute atomic E-state index is 0.0294. The van der Waals surface area contributed by atoms with Gasteiger partial charge in [-0.15, -0.1) is 21.5 Å². The van der Waals surface area contributed by atoms with Gasteiger partial charge in [0.05, 0.1) is 11.1 Å². The molecule has 0 amide bonds. The van der Waals surface area contributed by atoms with Crippen molar-refractivity contribution in [2.75, 3.05) is 0 Å².